The van der Waals surface area contributed by atoms with Crippen molar-refractivity contribution in [2.75, 3.05) is 44.3 Å². The number of ether oxygens (including phenoxy) is 1. The Hall–Kier alpha value is -2.78. The summed E-state index contributed by atoms with van der Waals surface area (Å²) >= 11 is 6.85. The van der Waals surface area contributed by atoms with Crippen LogP contribution in [0.3, 0.4) is 0 Å². The quantitative estimate of drug-likeness (QED) is 0.518. The van der Waals surface area contributed by atoms with Crippen molar-refractivity contribution >= 4 is 34.0 Å². The fourth-order valence-corrected chi connectivity index (χ4v) is 6.47. The summed E-state index contributed by atoms with van der Waals surface area (Å²) < 4.78 is 5.53. The lowest BCUT2D eigenvalue weighted by Gasteiger charge is -2.41. The maximum Gasteiger partial charge on any atom is 0.195 e. The van der Waals surface area contributed by atoms with E-state index in [0.717, 1.165) is 91.2 Å². The Morgan fingerprint density at radius 2 is 1.86 bits per heavy atom. The predicted octanol–water partition coefficient (Wildman–Crippen LogP) is 4.97. The zero-order chi connectivity index (χ0) is 24.3. The van der Waals surface area contributed by atoms with Crippen LogP contribution in [0.2, 0.25) is 5.02 Å². The molecule has 6 heteroatoms. The van der Waals surface area contributed by atoms with E-state index in [1.54, 1.807) is 0 Å². The number of aromatic amines is 1. The van der Waals surface area contributed by atoms with Crippen molar-refractivity contribution in [1.29, 1.82) is 0 Å². The smallest absolute Gasteiger partial charge is 0.195 e. The van der Waals surface area contributed by atoms with E-state index in [4.69, 9.17) is 22.8 Å². The summed E-state index contributed by atoms with van der Waals surface area (Å²) in [4.78, 5) is 22.2. The molecule has 5 nitrogen and oxygen atoms in total. The molecular weight excluding hydrogens is 458 g/mol. The Labute approximate surface area is 211 Å². The van der Waals surface area contributed by atoms with Gasteiger partial charge in [0.2, 0.25) is 0 Å². The second kappa shape index (κ2) is 8.41. The summed E-state index contributed by atoms with van der Waals surface area (Å²) in [5.74, 6) is 2.71. The van der Waals surface area contributed by atoms with Crippen LogP contribution in [0.25, 0.3) is 10.9 Å². The molecule has 3 heterocycles. The molecule has 2 aliphatic heterocycles. The number of morpholine rings is 1. The largest absolute Gasteiger partial charge is 0.379 e. The summed E-state index contributed by atoms with van der Waals surface area (Å²) in [6.07, 6.45) is 7.83. The van der Waals surface area contributed by atoms with Gasteiger partial charge in [0.05, 0.1) is 29.5 Å². The first kappa shape index (κ1) is 22.7. The van der Waals surface area contributed by atoms with Crippen molar-refractivity contribution < 1.29 is 9.53 Å². The van der Waals surface area contributed by atoms with Gasteiger partial charge in [0, 0.05) is 65.4 Å². The van der Waals surface area contributed by atoms with E-state index in [1.807, 2.05) is 24.3 Å². The second-order valence-corrected chi connectivity index (χ2v) is 10.9. The minimum absolute atomic E-state index is 0.0218. The van der Waals surface area contributed by atoms with Gasteiger partial charge in [0.15, 0.2) is 5.78 Å². The summed E-state index contributed by atoms with van der Waals surface area (Å²) in [6.45, 7) is 9.99. The van der Waals surface area contributed by atoms with Gasteiger partial charge in [-0.25, -0.2) is 0 Å². The molecule has 1 aliphatic carbocycles. The van der Waals surface area contributed by atoms with Gasteiger partial charge in [-0.1, -0.05) is 37.4 Å². The third-order valence-corrected chi connectivity index (χ3v) is 8.49. The number of hydrogen-bond donors (Lipinski definition) is 1. The number of nitrogens with zero attached hydrogens (tertiary/aromatic N) is 2. The molecule has 0 radical (unpaired) electrons. The Kier molecular flexibility index (Phi) is 5.45. The number of fused-ring (bicyclic) bond motifs is 4. The van der Waals surface area contributed by atoms with Crippen LogP contribution in [0, 0.1) is 12.3 Å². The van der Waals surface area contributed by atoms with Gasteiger partial charge >= 0.3 is 0 Å². The summed E-state index contributed by atoms with van der Waals surface area (Å²) in [6, 6.07) is 10.4. The summed E-state index contributed by atoms with van der Waals surface area (Å²) in [5.41, 5.74) is 5.74. The van der Waals surface area contributed by atoms with Gasteiger partial charge in [0.1, 0.15) is 0 Å². The van der Waals surface area contributed by atoms with Crippen molar-refractivity contribution in [3.8, 4) is 12.3 Å². The Balaban J connectivity index is 1.35. The van der Waals surface area contributed by atoms with Crippen LogP contribution < -0.4 is 4.90 Å². The SMILES string of the molecule is C#Cc1ccc2c3c([nH]c2c1)C(C)(C)c1cc(N2CCC(N4CCOCC4)CC2)c(Cl)cc1C3=O. The van der Waals surface area contributed by atoms with Gasteiger partial charge in [-0.3, -0.25) is 9.69 Å². The molecule has 1 N–H and O–H groups in total. The molecule has 0 atom stereocenters. The number of ketones is 1. The van der Waals surface area contributed by atoms with Crippen LogP contribution >= 0.6 is 11.6 Å². The molecule has 0 amide bonds. The molecule has 6 rings (SSSR count). The Morgan fingerprint density at radius 3 is 2.57 bits per heavy atom. The summed E-state index contributed by atoms with van der Waals surface area (Å²) in [7, 11) is 0. The maximum atomic E-state index is 13.7. The van der Waals surface area contributed by atoms with Crippen LogP contribution in [0.1, 0.15) is 59.4 Å². The molecule has 0 spiro atoms. The maximum absolute atomic E-state index is 13.7. The number of halogens is 1. The zero-order valence-electron chi connectivity index (χ0n) is 20.3. The lowest BCUT2D eigenvalue weighted by molar-refractivity contribution is 0.0115. The number of rotatable bonds is 2. The average molecular weight is 488 g/mol. The van der Waals surface area contributed by atoms with Crippen molar-refractivity contribution in [1.82, 2.24) is 9.88 Å². The standard InChI is InChI=1S/C29H30ClN3O2/c1-4-18-5-6-20-24(15-18)31-28-26(20)27(34)21-16-23(30)25(17-22(21)29(28,2)3)33-9-7-19(8-10-33)32-11-13-35-14-12-32/h1,5-6,15-17,19,31H,7-14H2,2-3H3. The number of H-pyrrole nitrogens is 1. The number of terminal acetylenes is 1. The molecule has 3 aliphatic rings. The molecule has 2 aromatic carbocycles. The average Bonchev–Trinajstić information content (AvgIpc) is 3.28. The second-order valence-electron chi connectivity index (χ2n) is 10.4. The van der Waals surface area contributed by atoms with Crippen molar-refractivity contribution in [3.63, 3.8) is 0 Å². The molecule has 0 saturated carbocycles. The number of nitrogens with one attached hydrogen (secondary N) is 1. The monoisotopic (exact) mass is 487 g/mol. The Morgan fingerprint density at radius 1 is 1.11 bits per heavy atom. The van der Waals surface area contributed by atoms with Crippen LogP contribution in [-0.2, 0) is 10.2 Å². The van der Waals surface area contributed by atoms with Crippen molar-refractivity contribution in [2.45, 2.75) is 38.1 Å². The number of aromatic nitrogens is 1. The molecular formula is C29H30ClN3O2. The number of carbonyl (C=O) groups excluding carboxylic acids is 1. The highest BCUT2D eigenvalue weighted by Gasteiger charge is 2.40. The minimum atomic E-state index is -0.376. The van der Waals surface area contributed by atoms with E-state index in [2.05, 4.69) is 40.6 Å². The summed E-state index contributed by atoms with van der Waals surface area (Å²) in [5, 5.41) is 1.56. The van der Waals surface area contributed by atoms with E-state index in [9.17, 15) is 4.79 Å². The van der Waals surface area contributed by atoms with E-state index in [0.29, 0.717) is 16.6 Å². The minimum Gasteiger partial charge on any atom is -0.379 e. The van der Waals surface area contributed by atoms with Crippen LogP contribution in [0.15, 0.2) is 30.3 Å². The third kappa shape index (κ3) is 3.59. The van der Waals surface area contributed by atoms with Crippen molar-refractivity contribution in [3.05, 3.63) is 63.3 Å². The number of hydrogen-bond acceptors (Lipinski definition) is 4. The topological polar surface area (TPSA) is 48.6 Å². The number of carbonyl (C=O) groups is 1. The van der Waals surface area contributed by atoms with E-state index in [1.165, 1.54) is 0 Å². The number of anilines is 1. The molecule has 0 unspecified atom stereocenters. The highest BCUT2D eigenvalue weighted by molar-refractivity contribution is 6.34. The number of benzene rings is 2. The van der Waals surface area contributed by atoms with Gasteiger partial charge in [0.25, 0.3) is 0 Å². The van der Waals surface area contributed by atoms with Crippen molar-refractivity contribution in [2.24, 2.45) is 0 Å². The molecule has 2 saturated heterocycles. The van der Waals surface area contributed by atoms with Crippen LogP contribution in [0.4, 0.5) is 5.69 Å². The molecule has 2 fully saturated rings. The zero-order valence-corrected chi connectivity index (χ0v) is 21.0. The third-order valence-electron chi connectivity index (χ3n) is 8.19. The van der Waals surface area contributed by atoms with E-state index >= 15 is 0 Å². The molecule has 180 valence electrons. The fourth-order valence-electron chi connectivity index (χ4n) is 6.18. The molecule has 0 bridgehead atoms. The lowest BCUT2D eigenvalue weighted by Crippen LogP contribution is -2.49. The van der Waals surface area contributed by atoms with Crippen LogP contribution in [-0.4, -0.2) is 61.1 Å². The highest BCUT2D eigenvalue weighted by Crippen LogP contribution is 2.46. The lowest BCUT2D eigenvalue weighted by atomic mass is 9.71. The normalized spacial score (nSPS) is 20.5. The Bertz CT molecular complexity index is 1370. The molecule has 35 heavy (non-hydrogen) atoms. The van der Waals surface area contributed by atoms with Gasteiger partial charge in [-0.05, 0) is 42.7 Å². The van der Waals surface area contributed by atoms with Gasteiger partial charge in [-0.2, -0.15) is 0 Å². The highest BCUT2D eigenvalue weighted by atomic mass is 35.5. The van der Waals surface area contributed by atoms with Gasteiger partial charge < -0.3 is 14.6 Å². The van der Waals surface area contributed by atoms with E-state index in [-0.39, 0.29) is 11.2 Å². The molecule has 1 aromatic heterocycles. The molecule has 3 aromatic rings. The fraction of sp³-hybridized carbons (Fsp3) is 0.414. The first-order valence-corrected chi connectivity index (χ1v) is 12.8. The van der Waals surface area contributed by atoms with Crippen LogP contribution in [0.5, 0.6) is 0 Å². The predicted molar refractivity (Wildman–Crippen MR) is 141 cm³/mol. The van der Waals surface area contributed by atoms with E-state index < -0.39 is 0 Å². The first-order chi connectivity index (χ1) is 16.9. The number of piperidine rings is 1. The first-order valence-electron chi connectivity index (χ1n) is 12.5. The van der Waals surface area contributed by atoms with Gasteiger partial charge in [-0.15, -0.1) is 6.42 Å².